The molecule has 6 heteroatoms. The third kappa shape index (κ3) is 6.61. The Hall–Kier alpha value is -1.82. The van der Waals surface area contributed by atoms with Crippen molar-refractivity contribution in [2.24, 2.45) is 5.92 Å². The summed E-state index contributed by atoms with van der Waals surface area (Å²) >= 11 is 16.0. The molecule has 37 heavy (non-hydrogen) atoms. The third-order valence-corrected chi connectivity index (χ3v) is 9.98. The molecule has 1 aliphatic carbocycles. The average molecular weight is 569 g/mol. The molecular weight excluding hydrogens is 537 g/mol. The normalized spacial score (nSPS) is 15.1. The highest BCUT2D eigenvalue weighted by Crippen LogP contribution is 2.39. The Balaban J connectivity index is 1.43. The lowest BCUT2D eigenvalue weighted by atomic mass is 9.81. The summed E-state index contributed by atoms with van der Waals surface area (Å²) in [5.41, 5.74) is 5.28. The van der Waals surface area contributed by atoms with Crippen molar-refractivity contribution in [2.75, 3.05) is 11.5 Å². The van der Waals surface area contributed by atoms with Gasteiger partial charge in [0.25, 0.3) is 0 Å². The molecule has 192 valence electrons. The van der Waals surface area contributed by atoms with Crippen LogP contribution >= 0.6 is 46.3 Å². The van der Waals surface area contributed by atoms with E-state index in [9.17, 15) is 5.11 Å². The number of aliphatic hydroxyl groups is 1. The highest BCUT2D eigenvalue weighted by atomic mass is 35.5. The quantitative estimate of drug-likeness (QED) is 0.193. The van der Waals surface area contributed by atoms with Crippen molar-refractivity contribution in [3.05, 3.63) is 98.0 Å². The number of pyridine rings is 1. The molecule has 0 unspecified atom stereocenters. The van der Waals surface area contributed by atoms with Crippen LogP contribution in [0.1, 0.15) is 67.0 Å². The number of fused-ring (bicyclic) bond motifs is 1. The first-order chi connectivity index (χ1) is 17.8. The largest absolute Gasteiger partial charge is 0.386 e. The summed E-state index contributed by atoms with van der Waals surface area (Å²) in [7, 11) is 0. The van der Waals surface area contributed by atoms with Crippen LogP contribution in [0.15, 0.2) is 60.7 Å². The topological polar surface area (TPSA) is 33.1 Å². The molecule has 1 aliphatic rings. The van der Waals surface area contributed by atoms with Crippen LogP contribution in [0.3, 0.4) is 0 Å². The summed E-state index contributed by atoms with van der Waals surface area (Å²) in [5, 5.41) is 11.5. The number of hydrogen-bond donors (Lipinski definition) is 1. The van der Waals surface area contributed by atoms with Crippen molar-refractivity contribution in [1.29, 1.82) is 0 Å². The third-order valence-electron chi connectivity index (χ3n) is 6.82. The minimum absolute atomic E-state index is 0.212. The van der Waals surface area contributed by atoms with E-state index < -0.39 is 5.60 Å². The predicted octanol–water partition coefficient (Wildman–Crippen LogP) is 9.67. The van der Waals surface area contributed by atoms with Crippen LogP contribution in [0.25, 0.3) is 22.4 Å². The molecule has 4 aromatic rings. The number of hydrogen-bond acceptors (Lipinski definition) is 4. The monoisotopic (exact) mass is 567 g/mol. The summed E-state index contributed by atoms with van der Waals surface area (Å²) in [5.74, 6) is 3.51. The predicted molar refractivity (Wildman–Crippen MR) is 163 cm³/mol. The summed E-state index contributed by atoms with van der Waals surface area (Å²) < 4.78 is 1.56. The van der Waals surface area contributed by atoms with E-state index in [1.165, 1.54) is 41.1 Å². The molecule has 0 aliphatic heterocycles. The van der Waals surface area contributed by atoms with Gasteiger partial charge >= 0.3 is 0 Å². The zero-order chi connectivity index (χ0) is 26.0. The maximum Gasteiger partial charge on any atom is 0.114 e. The van der Waals surface area contributed by atoms with Crippen molar-refractivity contribution in [3.8, 4) is 0 Å². The first-order valence-corrected chi connectivity index (χ1v) is 15.4. The van der Waals surface area contributed by atoms with Gasteiger partial charge in [-0.1, -0.05) is 77.8 Å². The lowest BCUT2D eigenvalue weighted by Gasteiger charge is -2.27. The van der Waals surface area contributed by atoms with Crippen LogP contribution < -0.4 is 0 Å². The van der Waals surface area contributed by atoms with Gasteiger partial charge in [0.15, 0.2) is 0 Å². The van der Waals surface area contributed by atoms with Crippen LogP contribution in [0, 0.1) is 5.92 Å². The minimum Gasteiger partial charge on any atom is -0.386 e. The molecule has 2 aromatic carbocycles. The number of aromatic nitrogens is 1. The van der Waals surface area contributed by atoms with E-state index in [1.807, 2.05) is 38.1 Å². The Bertz CT molecular complexity index is 1420. The van der Waals surface area contributed by atoms with E-state index in [0.29, 0.717) is 9.36 Å². The SMILES string of the molecule is CC(C)(O)c1ccccc1[C@H](CCSCC1CC1)c1cccc(/C=C/c2ccc3sc(Cl)c(Cl)c3n2)c1. The van der Waals surface area contributed by atoms with Gasteiger partial charge < -0.3 is 5.11 Å². The highest BCUT2D eigenvalue weighted by molar-refractivity contribution is 7.99. The first kappa shape index (κ1) is 26.8. The molecule has 1 N–H and O–H groups in total. The smallest absolute Gasteiger partial charge is 0.114 e. The second-order valence-electron chi connectivity index (χ2n) is 10.3. The molecule has 0 amide bonds. The molecule has 1 fully saturated rings. The maximum absolute atomic E-state index is 10.9. The van der Waals surface area contributed by atoms with Gasteiger partial charge in [0.05, 0.1) is 21.0 Å². The van der Waals surface area contributed by atoms with E-state index >= 15 is 0 Å². The van der Waals surface area contributed by atoms with Crippen molar-refractivity contribution < 1.29 is 5.11 Å². The molecule has 5 rings (SSSR count). The Labute approximate surface area is 237 Å². The van der Waals surface area contributed by atoms with Crippen LogP contribution in [0.5, 0.6) is 0 Å². The summed E-state index contributed by atoms with van der Waals surface area (Å²) in [4.78, 5) is 4.70. The molecule has 1 atom stereocenters. The van der Waals surface area contributed by atoms with Gasteiger partial charge in [-0.2, -0.15) is 11.8 Å². The Morgan fingerprint density at radius 3 is 2.68 bits per heavy atom. The molecule has 0 saturated heterocycles. The molecule has 2 nitrogen and oxygen atoms in total. The number of thioether (sulfide) groups is 1. The van der Waals surface area contributed by atoms with E-state index in [1.54, 1.807) is 0 Å². The van der Waals surface area contributed by atoms with Gasteiger partial charge in [-0.05, 0) is 91.0 Å². The van der Waals surface area contributed by atoms with Gasteiger partial charge in [-0.3, -0.25) is 0 Å². The highest BCUT2D eigenvalue weighted by Gasteiger charge is 2.26. The molecule has 2 heterocycles. The molecular formula is C31H31Cl2NOS2. The summed E-state index contributed by atoms with van der Waals surface area (Å²) in [6.07, 6.45) is 7.93. The number of halogens is 2. The van der Waals surface area contributed by atoms with Gasteiger partial charge in [0.2, 0.25) is 0 Å². The Kier molecular flexibility index (Phi) is 8.33. The van der Waals surface area contributed by atoms with Crippen molar-refractivity contribution in [2.45, 2.75) is 44.6 Å². The zero-order valence-electron chi connectivity index (χ0n) is 21.1. The van der Waals surface area contributed by atoms with Crippen LogP contribution in [-0.2, 0) is 5.60 Å². The number of thiophene rings is 1. The van der Waals surface area contributed by atoms with Crippen LogP contribution in [0.2, 0.25) is 9.36 Å². The van der Waals surface area contributed by atoms with Crippen molar-refractivity contribution in [1.82, 2.24) is 4.98 Å². The van der Waals surface area contributed by atoms with E-state index in [-0.39, 0.29) is 5.92 Å². The summed E-state index contributed by atoms with van der Waals surface area (Å²) in [6, 6.07) is 21.1. The number of nitrogens with zero attached hydrogens (tertiary/aromatic N) is 1. The number of benzene rings is 2. The van der Waals surface area contributed by atoms with Gasteiger partial charge in [0.1, 0.15) is 9.85 Å². The van der Waals surface area contributed by atoms with Gasteiger partial charge in [-0.15, -0.1) is 11.3 Å². The van der Waals surface area contributed by atoms with E-state index in [2.05, 4.69) is 60.3 Å². The van der Waals surface area contributed by atoms with Crippen molar-refractivity contribution in [3.63, 3.8) is 0 Å². The van der Waals surface area contributed by atoms with E-state index in [0.717, 1.165) is 45.1 Å². The summed E-state index contributed by atoms with van der Waals surface area (Å²) in [6.45, 7) is 3.75. The average Bonchev–Trinajstić information content (AvgIpc) is 3.67. The van der Waals surface area contributed by atoms with Crippen LogP contribution in [0.4, 0.5) is 0 Å². The second kappa shape index (κ2) is 11.5. The first-order valence-electron chi connectivity index (χ1n) is 12.7. The molecule has 0 spiro atoms. The van der Waals surface area contributed by atoms with Gasteiger partial charge in [0, 0.05) is 5.92 Å². The Morgan fingerprint density at radius 2 is 1.89 bits per heavy atom. The molecule has 0 bridgehead atoms. The standard InChI is InChI=1S/C31H31Cl2NOS2/c1-31(2,35)26-9-4-3-8-25(26)24(16-17-36-19-21-10-11-21)22-7-5-6-20(18-22)12-13-23-14-15-27-29(34-23)28(32)30(33)37-27/h3-9,12-15,18,21,24,35H,10-11,16-17,19H2,1-2H3/b13-12+/t24-/m1/s1. The van der Waals surface area contributed by atoms with Gasteiger partial charge in [-0.25, -0.2) is 4.98 Å². The van der Waals surface area contributed by atoms with Crippen molar-refractivity contribution >= 4 is 68.7 Å². The lowest BCUT2D eigenvalue weighted by molar-refractivity contribution is 0.0773. The second-order valence-corrected chi connectivity index (χ2v) is 13.5. The fourth-order valence-corrected chi connectivity index (χ4v) is 7.34. The molecule has 0 radical (unpaired) electrons. The maximum atomic E-state index is 10.9. The molecule has 1 saturated carbocycles. The van der Waals surface area contributed by atoms with Crippen LogP contribution in [-0.4, -0.2) is 21.6 Å². The minimum atomic E-state index is -0.899. The fourth-order valence-electron chi connectivity index (χ4n) is 4.68. The fraction of sp³-hybridized carbons (Fsp3) is 0.323. The van der Waals surface area contributed by atoms with E-state index in [4.69, 9.17) is 28.2 Å². The molecule has 2 aromatic heterocycles. The number of rotatable bonds is 10. The lowest BCUT2D eigenvalue weighted by Crippen LogP contribution is -2.20. The zero-order valence-corrected chi connectivity index (χ0v) is 24.2. The Morgan fingerprint density at radius 1 is 1.08 bits per heavy atom.